The molecule has 1 aromatic rings. The van der Waals surface area contributed by atoms with Crippen LogP contribution in [0.3, 0.4) is 0 Å². The van der Waals surface area contributed by atoms with Crippen LogP contribution >= 0.6 is 11.6 Å². The van der Waals surface area contributed by atoms with Gasteiger partial charge in [-0.05, 0) is 25.5 Å². The van der Waals surface area contributed by atoms with E-state index in [1.807, 2.05) is 0 Å². The molecule has 0 bridgehead atoms. The van der Waals surface area contributed by atoms with Crippen molar-refractivity contribution in [2.75, 3.05) is 11.2 Å². The molecule has 0 heterocycles. The summed E-state index contributed by atoms with van der Waals surface area (Å²) in [6.07, 6.45) is 1.01. The zero-order valence-electron chi connectivity index (χ0n) is 9.13. The minimum absolute atomic E-state index is 0.0618. The summed E-state index contributed by atoms with van der Waals surface area (Å²) in [6.45, 7) is 1.48. The highest BCUT2D eigenvalue weighted by Crippen LogP contribution is 2.15. The molecule has 0 aliphatic heterocycles. The third-order valence-corrected chi connectivity index (χ3v) is 2.39. The van der Waals surface area contributed by atoms with E-state index in [9.17, 15) is 9.59 Å². The minimum atomic E-state index is -0.116. The van der Waals surface area contributed by atoms with Gasteiger partial charge < -0.3 is 5.32 Å². The summed E-state index contributed by atoms with van der Waals surface area (Å²) in [5.41, 5.74) is 1.09. The van der Waals surface area contributed by atoms with Gasteiger partial charge in [-0.25, -0.2) is 0 Å². The number of carbonyl (C=O) groups excluding carboxylic acids is 2. The number of ketones is 1. The molecule has 3 nitrogen and oxygen atoms in total. The number of carbonyl (C=O) groups is 2. The average molecular weight is 240 g/mol. The van der Waals surface area contributed by atoms with E-state index in [2.05, 4.69) is 5.32 Å². The number of benzene rings is 1. The topological polar surface area (TPSA) is 46.2 Å². The van der Waals surface area contributed by atoms with E-state index < -0.39 is 0 Å². The molecule has 0 atom stereocenters. The fourth-order valence-corrected chi connectivity index (χ4v) is 1.47. The van der Waals surface area contributed by atoms with Crippen molar-refractivity contribution in [3.63, 3.8) is 0 Å². The maximum absolute atomic E-state index is 11.5. The molecule has 0 spiro atoms. The zero-order chi connectivity index (χ0) is 12.0. The molecule has 0 unspecified atom stereocenters. The number of halogens is 1. The lowest BCUT2D eigenvalue weighted by Gasteiger charge is -2.08. The van der Waals surface area contributed by atoms with Crippen LogP contribution in [0, 0.1) is 0 Å². The Balaban J connectivity index is 2.73. The highest BCUT2D eigenvalue weighted by molar-refractivity contribution is 6.18. The zero-order valence-corrected chi connectivity index (χ0v) is 9.88. The average Bonchev–Trinajstić information content (AvgIpc) is 2.27. The van der Waals surface area contributed by atoms with Crippen molar-refractivity contribution in [2.45, 2.75) is 19.8 Å². The van der Waals surface area contributed by atoms with Crippen LogP contribution < -0.4 is 5.32 Å². The second kappa shape index (κ2) is 6.28. The van der Waals surface area contributed by atoms with Crippen LogP contribution in [0.4, 0.5) is 5.69 Å². The van der Waals surface area contributed by atoms with Gasteiger partial charge in [0, 0.05) is 17.9 Å². The number of nitrogens with one attached hydrogen (secondary N) is 1. The fourth-order valence-electron chi connectivity index (χ4n) is 1.34. The number of anilines is 1. The first-order chi connectivity index (χ1) is 7.65. The van der Waals surface area contributed by atoms with Crippen LogP contribution in [0.25, 0.3) is 0 Å². The maximum Gasteiger partial charge on any atom is 0.224 e. The molecule has 0 saturated heterocycles. The molecule has 0 aliphatic rings. The number of para-hydroxylation sites is 1. The molecule has 4 heteroatoms. The summed E-state index contributed by atoms with van der Waals surface area (Å²) in [7, 11) is 0. The number of alkyl halides is 1. The molecule has 0 radical (unpaired) electrons. The molecular formula is C12H14ClNO2. The molecule has 1 N–H and O–H groups in total. The number of amides is 1. The second-order valence-corrected chi connectivity index (χ2v) is 3.82. The molecule has 0 aromatic heterocycles. The van der Waals surface area contributed by atoms with Crippen molar-refractivity contribution in [2.24, 2.45) is 0 Å². The Morgan fingerprint density at radius 2 is 2.00 bits per heavy atom. The summed E-state index contributed by atoms with van der Waals surface area (Å²) in [5, 5.41) is 2.71. The van der Waals surface area contributed by atoms with Gasteiger partial charge in [0.25, 0.3) is 0 Å². The predicted molar refractivity (Wildman–Crippen MR) is 65.0 cm³/mol. The van der Waals surface area contributed by atoms with Crippen molar-refractivity contribution >= 4 is 29.0 Å². The SMILES string of the molecule is CC(=O)c1ccccc1NC(=O)CCCCl. The highest BCUT2D eigenvalue weighted by Gasteiger charge is 2.08. The van der Waals surface area contributed by atoms with Gasteiger partial charge in [-0.15, -0.1) is 11.6 Å². The maximum atomic E-state index is 11.5. The molecule has 0 aliphatic carbocycles. The smallest absolute Gasteiger partial charge is 0.224 e. The lowest BCUT2D eigenvalue weighted by Crippen LogP contribution is -2.13. The van der Waals surface area contributed by atoms with E-state index in [-0.39, 0.29) is 11.7 Å². The van der Waals surface area contributed by atoms with Crippen molar-refractivity contribution in [1.29, 1.82) is 0 Å². The van der Waals surface area contributed by atoms with Gasteiger partial charge in [0.2, 0.25) is 5.91 Å². The summed E-state index contributed by atoms with van der Waals surface area (Å²) in [5.74, 6) is 0.282. The lowest BCUT2D eigenvalue weighted by molar-refractivity contribution is -0.116. The quantitative estimate of drug-likeness (QED) is 0.634. The first-order valence-corrected chi connectivity index (χ1v) is 5.64. The first kappa shape index (κ1) is 12.7. The molecule has 0 saturated carbocycles. The van der Waals surface area contributed by atoms with Crippen LogP contribution in [0.5, 0.6) is 0 Å². The van der Waals surface area contributed by atoms with E-state index in [0.717, 1.165) is 0 Å². The second-order valence-electron chi connectivity index (χ2n) is 3.44. The van der Waals surface area contributed by atoms with Gasteiger partial charge >= 0.3 is 0 Å². The Morgan fingerprint density at radius 3 is 2.62 bits per heavy atom. The Labute approximate surface area is 99.8 Å². The number of Topliss-reactive ketones (excluding diaryl/α,β-unsaturated/α-hetero) is 1. The Hall–Kier alpha value is -1.35. The summed E-state index contributed by atoms with van der Waals surface area (Å²) < 4.78 is 0. The lowest BCUT2D eigenvalue weighted by atomic mass is 10.1. The van der Waals surface area contributed by atoms with Gasteiger partial charge in [-0.1, -0.05) is 12.1 Å². The summed E-state index contributed by atoms with van der Waals surface area (Å²) >= 11 is 5.50. The standard InChI is InChI=1S/C12H14ClNO2/c1-9(15)10-5-2-3-6-11(10)14-12(16)7-4-8-13/h2-3,5-6H,4,7-8H2,1H3,(H,14,16). The first-order valence-electron chi connectivity index (χ1n) is 5.11. The Kier molecular flexibility index (Phi) is 4.99. The van der Waals surface area contributed by atoms with Gasteiger partial charge in [0.15, 0.2) is 5.78 Å². The largest absolute Gasteiger partial charge is 0.325 e. The fraction of sp³-hybridized carbons (Fsp3) is 0.333. The number of hydrogen-bond donors (Lipinski definition) is 1. The monoisotopic (exact) mass is 239 g/mol. The van der Waals surface area contributed by atoms with Crippen LogP contribution in [-0.2, 0) is 4.79 Å². The molecule has 1 rings (SSSR count). The molecule has 86 valence electrons. The van der Waals surface area contributed by atoms with Gasteiger partial charge in [0.1, 0.15) is 0 Å². The third kappa shape index (κ3) is 3.66. The van der Waals surface area contributed by atoms with Crippen LogP contribution in [0.2, 0.25) is 0 Å². The summed E-state index contributed by atoms with van der Waals surface area (Å²) in [4.78, 5) is 22.8. The Bertz CT molecular complexity index is 390. The van der Waals surface area contributed by atoms with E-state index in [1.165, 1.54) is 6.92 Å². The van der Waals surface area contributed by atoms with Crippen LogP contribution in [0.15, 0.2) is 24.3 Å². The van der Waals surface area contributed by atoms with E-state index in [0.29, 0.717) is 30.0 Å². The van der Waals surface area contributed by atoms with Gasteiger partial charge in [-0.2, -0.15) is 0 Å². The van der Waals surface area contributed by atoms with Gasteiger partial charge in [-0.3, -0.25) is 9.59 Å². The number of rotatable bonds is 5. The van der Waals surface area contributed by atoms with E-state index in [4.69, 9.17) is 11.6 Å². The van der Waals surface area contributed by atoms with Crippen molar-refractivity contribution in [1.82, 2.24) is 0 Å². The molecule has 1 aromatic carbocycles. The Morgan fingerprint density at radius 1 is 1.31 bits per heavy atom. The van der Waals surface area contributed by atoms with Crippen LogP contribution in [-0.4, -0.2) is 17.6 Å². The van der Waals surface area contributed by atoms with E-state index in [1.54, 1.807) is 24.3 Å². The van der Waals surface area contributed by atoms with Crippen molar-refractivity contribution in [3.8, 4) is 0 Å². The summed E-state index contributed by atoms with van der Waals surface area (Å²) in [6, 6.07) is 6.96. The minimum Gasteiger partial charge on any atom is -0.325 e. The number of hydrogen-bond acceptors (Lipinski definition) is 2. The highest BCUT2D eigenvalue weighted by atomic mass is 35.5. The molecular weight excluding hydrogens is 226 g/mol. The van der Waals surface area contributed by atoms with Crippen molar-refractivity contribution in [3.05, 3.63) is 29.8 Å². The molecule has 0 fully saturated rings. The van der Waals surface area contributed by atoms with Crippen molar-refractivity contribution < 1.29 is 9.59 Å². The van der Waals surface area contributed by atoms with E-state index >= 15 is 0 Å². The molecule has 1 amide bonds. The third-order valence-electron chi connectivity index (χ3n) is 2.12. The van der Waals surface area contributed by atoms with Gasteiger partial charge in [0.05, 0.1) is 5.69 Å². The molecule has 16 heavy (non-hydrogen) atoms. The normalized spacial score (nSPS) is 9.88. The van der Waals surface area contributed by atoms with Crippen LogP contribution in [0.1, 0.15) is 30.1 Å². The predicted octanol–water partition coefficient (Wildman–Crippen LogP) is 2.85.